The SMILES string of the molecule is Cc1sc2c(c1C)C(c1ccc(-c3ccc(C(=O)NCc4ccc(S(=O)(=O)Cl)cc4)cc3)cc1)=N[C@@H](CC(=O)O)c1nnc(C)n1-2. The van der Waals surface area contributed by atoms with Crippen molar-refractivity contribution >= 4 is 48.7 Å². The highest BCUT2D eigenvalue weighted by Gasteiger charge is 2.32. The largest absolute Gasteiger partial charge is 0.481 e. The summed E-state index contributed by atoms with van der Waals surface area (Å²) in [5, 5.41) is 22.0. The predicted molar refractivity (Wildman–Crippen MR) is 177 cm³/mol. The number of amides is 1. The maximum Gasteiger partial charge on any atom is 0.306 e. The normalized spacial score (nSPS) is 14.2. The van der Waals surface area contributed by atoms with Crippen molar-refractivity contribution < 1.29 is 23.1 Å². The molecule has 46 heavy (non-hydrogen) atoms. The first-order chi connectivity index (χ1) is 21.9. The van der Waals surface area contributed by atoms with E-state index < -0.39 is 21.1 Å². The molecule has 6 rings (SSSR count). The fourth-order valence-corrected chi connectivity index (χ4v) is 7.36. The number of carbonyl (C=O) groups excluding carboxylic acids is 1. The number of aliphatic imine (C=N–C) groups is 1. The first kappa shape index (κ1) is 31.3. The number of carboxylic acid groups (broad SMARTS) is 1. The van der Waals surface area contributed by atoms with Crippen LogP contribution in [0.25, 0.3) is 16.1 Å². The van der Waals surface area contributed by atoms with E-state index in [1.54, 1.807) is 35.6 Å². The molecule has 0 saturated carbocycles. The second-order valence-corrected chi connectivity index (χ2v) is 14.7. The summed E-state index contributed by atoms with van der Waals surface area (Å²) in [6, 6.07) is 20.4. The van der Waals surface area contributed by atoms with Gasteiger partial charge in [0.25, 0.3) is 15.0 Å². The molecule has 0 aliphatic carbocycles. The summed E-state index contributed by atoms with van der Waals surface area (Å²) >= 11 is 1.61. The second-order valence-electron chi connectivity index (χ2n) is 10.9. The van der Waals surface area contributed by atoms with Crippen molar-refractivity contribution in [3.63, 3.8) is 0 Å². The van der Waals surface area contributed by atoms with Crippen LogP contribution in [0.2, 0.25) is 0 Å². The van der Waals surface area contributed by atoms with Crippen molar-refractivity contribution in [3.05, 3.63) is 117 Å². The van der Waals surface area contributed by atoms with Gasteiger partial charge in [0.15, 0.2) is 5.82 Å². The Morgan fingerprint density at radius 1 is 0.913 bits per heavy atom. The number of aromatic nitrogens is 3. The quantitative estimate of drug-likeness (QED) is 0.188. The molecule has 1 aliphatic rings. The van der Waals surface area contributed by atoms with Crippen LogP contribution in [0.4, 0.5) is 0 Å². The summed E-state index contributed by atoms with van der Waals surface area (Å²) in [6.07, 6.45) is -0.211. The van der Waals surface area contributed by atoms with Gasteiger partial charge < -0.3 is 10.4 Å². The first-order valence-electron chi connectivity index (χ1n) is 14.3. The summed E-state index contributed by atoms with van der Waals surface area (Å²) in [6.45, 7) is 6.19. The number of carboxylic acids is 1. The van der Waals surface area contributed by atoms with E-state index in [0.717, 1.165) is 43.3 Å². The molecule has 0 saturated heterocycles. The molecule has 0 radical (unpaired) electrons. The Labute approximate surface area is 273 Å². The predicted octanol–water partition coefficient (Wildman–Crippen LogP) is 6.15. The van der Waals surface area contributed by atoms with Crippen LogP contribution in [-0.4, -0.2) is 45.9 Å². The zero-order chi connectivity index (χ0) is 32.7. The molecule has 1 atom stereocenters. The lowest BCUT2D eigenvalue weighted by atomic mass is 9.96. The molecular weight excluding hydrogens is 646 g/mol. The Hall–Kier alpha value is -4.65. The highest BCUT2D eigenvalue weighted by molar-refractivity contribution is 8.13. The van der Waals surface area contributed by atoms with E-state index >= 15 is 0 Å². The smallest absolute Gasteiger partial charge is 0.306 e. The minimum absolute atomic E-state index is 0.000720. The zero-order valence-corrected chi connectivity index (χ0v) is 27.4. The second kappa shape index (κ2) is 12.3. The third-order valence-corrected chi connectivity index (χ3v) is 10.5. The van der Waals surface area contributed by atoms with Crippen molar-refractivity contribution in [3.8, 4) is 16.1 Å². The van der Waals surface area contributed by atoms with Crippen LogP contribution in [0.3, 0.4) is 0 Å². The Bertz CT molecular complexity index is 2120. The van der Waals surface area contributed by atoms with Gasteiger partial charge in [-0.25, -0.2) is 8.42 Å². The number of hydrogen-bond donors (Lipinski definition) is 2. The number of thiophene rings is 1. The van der Waals surface area contributed by atoms with Gasteiger partial charge in [-0.05, 0) is 67.3 Å². The highest BCUT2D eigenvalue weighted by atomic mass is 35.7. The van der Waals surface area contributed by atoms with Crippen LogP contribution in [-0.2, 0) is 20.4 Å². The van der Waals surface area contributed by atoms with E-state index in [4.69, 9.17) is 15.7 Å². The fraction of sp³-hybridized carbons (Fsp3) is 0.182. The van der Waals surface area contributed by atoms with Gasteiger partial charge in [-0.2, -0.15) is 0 Å². The van der Waals surface area contributed by atoms with E-state index in [2.05, 4.69) is 22.4 Å². The van der Waals surface area contributed by atoms with Crippen LogP contribution in [0.5, 0.6) is 0 Å². The highest BCUT2D eigenvalue weighted by Crippen LogP contribution is 2.39. The van der Waals surface area contributed by atoms with Gasteiger partial charge >= 0.3 is 5.97 Å². The maximum atomic E-state index is 12.8. The standard InChI is InChI=1S/C33H28ClN5O5S2/c1-18-19(2)45-33-29(18)30(36-27(16-28(40)41)31-38-37-20(3)39(31)33)24-10-6-22(7-11-24)23-8-12-25(13-9-23)32(42)35-17-21-4-14-26(15-5-21)46(34,43)44/h4-15,27H,16-17H2,1-3H3,(H,35,42)(H,40,41)/t27-/m0/s1. The monoisotopic (exact) mass is 673 g/mol. The van der Waals surface area contributed by atoms with Gasteiger partial charge in [0, 0.05) is 38.8 Å². The van der Waals surface area contributed by atoms with Gasteiger partial charge in [-0.3, -0.25) is 19.1 Å². The van der Waals surface area contributed by atoms with Gasteiger partial charge in [0.05, 0.1) is 17.0 Å². The fourth-order valence-electron chi connectivity index (χ4n) is 5.38. The van der Waals surface area contributed by atoms with Crippen LogP contribution < -0.4 is 5.32 Å². The van der Waals surface area contributed by atoms with E-state index in [9.17, 15) is 23.1 Å². The molecule has 3 aromatic carbocycles. The molecule has 2 aromatic heterocycles. The lowest BCUT2D eigenvalue weighted by Crippen LogP contribution is -2.22. The zero-order valence-electron chi connectivity index (χ0n) is 25.0. The number of aliphatic carboxylic acids is 1. The molecule has 234 valence electrons. The van der Waals surface area contributed by atoms with E-state index in [-0.39, 0.29) is 23.8 Å². The molecule has 5 aromatic rings. The van der Waals surface area contributed by atoms with E-state index in [0.29, 0.717) is 22.9 Å². The van der Waals surface area contributed by atoms with Crippen LogP contribution >= 0.6 is 22.0 Å². The van der Waals surface area contributed by atoms with Crippen molar-refractivity contribution in [1.82, 2.24) is 20.1 Å². The van der Waals surface area contributed by atoms with Crippen LogP contribution in [0.15, 0.2) is 82.7 Å². The summed E-state index contributed by atoms with van der Waals surface area (Å²) in [7, 11) is 1.56. The summed E-state index contributed by atoms with van der Waals surface area (Å²) in [5.74, 6) is -0.0430. The van der Waals surface area contributed by atoms with Gasteiger partial charge in [0.1, 0.15) is 16.9 Å². The van der Waals surface area contributed by atoms with Crippen LogP contribution in [0, 0.1) is 20.8 Å². The van der Waals surface area contributed by atoms with E-state index in [1.165, 1.54) is 12.1 Å². The topological polar surface area (TPSA) is 144 Å². The summed E-state index contributed by atoms with van der Waals surface area (Å²) in [4.78, 5) is 30.7. The molecule has 10 nitrogen and oxygen atoms in total. The molecular formula is C33H28ClN5O5S2. The summed E-state index contributed by atoms with van der Waals surface area (Å²) in [5.41, 5.74) is 6.66. The molecule has 13 heteroatoms. The number of benzene rings is 3. The molecule has 3 heterocycles. The Morgan fingerprint density at radius 2 is 1.52 bits per heavy atom. The van der Waals surface area contributed by atoms with Crippen molar-refractivity contribution in [2.45, 2.75) is 44.7 Å². The average molecular weight is 674 g/mol. The lowest BCUT2D eigenvalue weighted by molar-refractivity contribution is -0.137. The molecule has 0 fully saturated rings. The minimum Gasteiger partial charge on any atom is -0.481 e. The maximum absolute atomic E-state index is 12.8. The van der Waals surface area contributed by atoms with Gasteiger partial charge in [-0.1, -0.05) is 48.5 Å². The first-order valence-corrected chi connectivity index (χ1v) is 17.4. The van der Waals surface area contributed by atoms with Crippen molar-refractivity contribution in [2.24, 2.45) is 4.99 Å². The number of fused-ring (bicyclic) bond motifs is 3. The van der Waals surface area contributed by atoms with Crippen molar-refractivity contribution in [1.29, 1.82) is 0 Å². The minimum atomic E-state index is -3.80. The molecule has 1 amide bonds. The number of nitrogens with zero attached hydrogens (tertiary/aromatic N) is 4. The average Bonchev–Trinajstić information content (AvgIpc) is 3.51. The number of hydrogen-bond acceptors (Lipinski definition) is 8. The van der Waals surface area contributed by atoms with Crippen LogP contribution in [0.1, 0.15) is 61.6 Å². The molecule has 1 aliphatic heterocycles. The van der Waals surface area contributed by atoms with Crippen molar-refractivity contribution in [2.75, 3.05) is 0 Å². The third-order valence-electron chi connectivity index (χ3n) is 7.90. The van der Waals surface area contributed by atoms with Gasteiger partial charge in [-0.15, -0.1) is 21.5 Å². The van der Waals surface area contributed by atoms with E-state index in [1.807, 2.05) is 54.8 Å². The Morgan fingerprint density at radius 3 is 2.13 bits per heavy atom. The Kier molecular flexibility index (Phi) is 8.36. The molecule has 0 spiro atoms. The summed E-state index contributed by atoms with van der Waals surface area (Å²) < 4.78 is 24.8. The Balaban J connectivity index is 1.23. The molecule has 0 unspecified atom stereocenters. The number of carbonyl (C=O) groups is 2. The number of rotatable bonds is 8. The number of nitrogens with one attached hydrogen (secondary N) is 1. The molecule has 0 bridgehead atoms. The third kappa shape index (κ3) is 6.11. The number of halogens is 1. The number of aryl methyl sites for hydroxylation is 2. The molecule has 2 N–H and O–H groups in total. The lowest BCUT2D eigenvalue weighted by Gasteiger charge is -2.12. The van der Waals surface area contributed by atoms with Gasteiger partial charge in [0.2, 0.25) is 0 Å².